The smallest absolute Gasteiger partial charge is 0.243 e. The molecule has 20 heavy (non-hydrogen) atoms. The monoisotopic (exact) mass is 299 g/mol. The van der Waals surface area contributed by atoms with Gasteiger partial charge in [0.1, 0.15) is 4.90 Å². The minimum Gasteiger partial charge on any atom is -0.394 e. The summed E-state index contributed by atoms with van der Waals surface area (Å²) in [6, 6.07) is 1.84. The van der Waals surface area contributed by atoms with E-state index in [4.69, 9.17) is 5.11 Å². The Bertz CT molecular complexity index is 661. The lowest BCUT2D eigenvalue weighted by Gasteiger charge is -2.03. The van der Waals surface area contributed by atoms with E-state index in [0.717, 1.165) is 5.69 Å². The van der Waals surface area contributed by atoms with Gasteiger partial charge >= 0.3 is 0 Å². The highest BCUT2D eigenvalue weighted by Crippen LogP contribution is 2.06. The Labute approximate surface area is 117 Å². The summed E-state index contributed by atoms with van der Waals surface area (Å²) in [5, 5.41) is 16.8. The second kappa shape index (κ2) is 6.16. The summed E-state index contributed by atoms with van der Waals surface area (Å²) in [6.45, 7) is 0.447. The maximum atomic E-state index is 12.0. The Hall–Kier alpha value is -1.71. The molecular weight excluding hydrogens is 282 g/mol. The molecule has 0 aliphatic carbocycles. The van der Waals surface area contributed by atoms with Crippen LogP contribution in [-0.4, -0.2) is 46.2 Å². The van der Waals surface area contributed by atoms with Crippen LogP contribution in [0.3, 0.4) is 0 Å². The molecular formula is C11H17N5O3S. The van der Waals surface area contributed by atoms with E-state index in [9.17, 15) is 8.42 Å². The zero-order valence-electron chi connectivity index (χ0n) is 11.1. The molecule has 0 bridgehead atoms. The molecule has 0 amide bonds. The van der Waals surface area contributed by atoms with Gasteiger partial charge in [0.2, 0.25) is 10.0 Å². The number of aromatic nitrogens is 4. The molecule has 0 aliphatic rings. The molecule has 0 saturated heterocycles. The summed E-state index contributed by atoms with van der Waals surface area (Å²) in [5.74, 6) is 0. The largest absolute Gasteiger partial charge is 0.394 e. The van der Waals surface area contributed by atoms with Gasteiger partial charge in [0.05, 0.1) is 25.0 Å². The summed E-state index contributed by atoms with van der Waals surface area (Å²) in [5.41, 5.74) is 0.825. The molecule has 2 rings (SSSR count). The molecule has 0 spiro atoms. The Morgan fingerprint density at radius 3 is 2.90 bits per heavy atom. The van der Waals surface area contributed by atoms with Gasteiger partial charge in [-0.05, 0) is 6.07 Å². The summed E-state index contributed by atoms with van der Waals surface area (Å²) in [6.07, 6.45) is 4.98. The van der Waals surface area contributed by atoms with Gasteiger partial charge in [-0.1, -0.05) is 0 Å². The quantitative estimate of drug-likeness (QED) is 0.692. The molecule has 9 heteroatoms. The number of hydrogen-bond acceptors (Lipinski definition) is 5. The number of aliphatic hydroxyl groups excluding tert-OH is 1. The van der Waals surface area contributed by atoms with Crippen LogP contribution in [0.2, 0.25) is 0 Å². The lowest BCUT2D eigenvalue weighted by Crippen LogP contribution is -2.25. The molecule has 2 aromatic rings. The van der Waals surface area contributed by atoms with Crippen molar-refractivity contribution < 1.29 is 13.5 Å². The zero-order valence-corrected chi connectivity index (χ0v) is 11.9. The Kier molecular flexibility index (Phi) is 4.53. The fraction of sp³-hybridized carbons (Fsp3) is 0.455. The first-order valence-corrected chi connectivity index (χ1v) is 7.61. The molecule has 2 N–H and O–H groups in total. The van der Waals surface area contributed by atoms with Crippen LogP contribution in [0.25, 0.3) is 0 Å². The highest BCUT2D eigenvalue weighted by molar-refractivity contribution is 7.89. The van der Waals surface area contributed by atoms with Gasteiger partial charge in [-0.3, -0.25) is 9.36 Å². The number of aliphatic hydroxyl groups is 1. The number of sulfonamides is 1. The molecule has 0 radical (unpaired) electrons. The molecule has 0 saturated carbocycles. The number of nitrogens with one attached hydrogen (secondary N) is 1. The van der Waals surface area contributed by atoms with Gasteiger partial charge in [0, 0.05) is 32.4 Å². The average Bonchev–Trinajstić information content (AvgIpc) is 2.99. The van der Waals surface area contributed by atoms with Crippen LogP contribution < -0.4 is 4.72 Å². The first kappa shape index (κ1) is 14.7. The first-order valence-electron chi connectivity index (χ1n) is 6.13. The van der Waals surface area contributed by atoms with Gasteiger partial charge in [0.15, 0.2) is 0 Å². The highest BCUT2D eigenvalue weighted by Gasteiger charge is 2.15. The van der Waals surface area contributed by atoms with Crippen molar-refractivity contribution in [2.45, 2.75) is 17.9 Å². The second-order valence-electron chi connectivity index (χ2n) is 4.29. The van der Waals surface area contributed by atoms with Crippen LogP contribution >= 0.6 is 0 Å². The van der Waals surface area contributed by atoms with Crippen molar-refractivity contribution in [1.82, 2.24) is 24.3 Å². The molecule has 110 valence electrons. The number of nitrogens with zero attached hydrogens (tertiary/aromatic N) is 4. The maximum absolute atomic E-state index is 12.0. The number of aryl methyl sites for hydroxylation is 1. The SMILES string of the molecule is Cn1ccc(CCNS(=O)(=O)c2cnn(CCO)c2)n1. The Balaban J connectivity index is 1.92. The van der Waals surface area contributed by atoms with E-state index < -0.39 is 10.0 Å². The predicted octanol–water partition coefficient (Wildman–Crippen LogP) is -0.870. The normalized spacial score (nSPS) is 11.9. The molecule has 0 atom stereocenters. The third kappa shape index (κ3) is 3.65. The van der Waals surface area contributed by atoms with E-state index >= 15 is 0 Å². The van der Waals surface area contributed by atoms with Crippen LogP contribution in [-0.2, 0) is 30.0 Å². The summed E-state index contributed by atoms with van der Waals surface area (Å²) in [4.78, 5) is 0.0898. The van der Waals surface area contributed by atoms with Gasteiger partial charge in [0.25, 0.3) is 0 Å². The average molecular weight is 299 g/mol. The van der Waals surface area contributed by atoms with Crippen LogP contribution in [0.1, 0.15) is 5.69 Å². The van der Waals surface area contributed by atoms with Crippen LogP contribution in [0.5, 0.6) is 0 Å². The van der Waals surface area contributed by atoms with E-state index in [0.29, 0.717) is 6.42 Å². The van der Waals surface area contributed by atoms with Crippen LogP contribution in [0.4, 0.5) is 0 Å². The lowest BCUT2D eigenvalue weighted by atomic mass is 10.3. The van der Waals surface area contributed by atoms with Crippen LogP contribution in [0.15, 0.2) is 29.6 Å². The van der Waals surface area contributed by atoms with E-state index in [1.54, 1.807) is 4.68 Å². The molecule has 0 aliphatic heterocycles. The molecule has 0 aromatic carbocycles. The fourth-order valence-corrected chi connectivity index (χ4v) is 2.69. The molecule has 2 aromatic heterocycles. The Morgan fingerprint density at radius 1 is 1.45 bits per heavy atom. The van der Waals surface area contributed by atoms with Crippen molar-refractivity contribution in [1.29, 1.82) is 0 Å². The summed E-state index contributed by atoms with van der Waals surface area (Å²) < 4.78 is 29.5. The number of rotatable bonds is 7. The highest BCUT2D eigenvalue weighted by atomic mass is 32.2. The topological polar surface area (TPSA) is 102 Å². The Morgan fingerprint density at radius 2 is 2.25 bits per heavy atom. The summed E-state index contributed by atoms with van der Waals surface area (Å²) >= 11 is 0. The van der Waals surface area contributed by atoms with Crippen molar-refractivity contribution in [3.63, 3.8) is 0 Å². The zero-order chi connectivity index (χ0) is 14.6. The minimum atomic E-state index is -3.57. The summed E-state index contributed by atoms with van der Waals surface area (Å²) in [7, 11) is -1.76. The van der Waals surface area contributed by atoms with Gasteiger partial charge < -0.3 is 5.11 Å². The molecule has 0 fully saturated rings. The predicted molar refractivity (Wildman–Crippen MR) is 71.4 cm³/mol. The van der Waals surface area contributed by atoms with E-state index in [2.05, 4.69) is 14.9 Å². The molecule has 0 unspecified atom stereocenters. The second-order valence-corrected chi connectivity index (χ2v) is 6.06. The van der Waals surface area contributed by atoms with E-state index in [1.165, 1.54) is 17.1 Å². The van der Waals surface area contributed by atoms with E-state index in [1.807, 2.05) is 19.3 Å². The van der Waals surface area contributed by atoms with Gasteiger partial charge in [-0.15, -0.1) is 0 Å². The van der Waals surface area contributed by atoms with Crippen molar-refractivity contribution >= 4 is 10.0 Å². The molecule has 8 nitrogen and oxygen atoms in total. The third-order valence-corrected chi connectivity index (χ3v) is 4.11. The standard InChI is InChI=1S/C11H17N5O3S/c1-15-5-3-10(14-15)2-4-13-20(18,19)11-8-12-16(9-11)6-7-17/h3,5,8-9,13,17H,2,4,6-7H2,1H3. The molecule has 2 heterocycles. The van der Waals surface area contributed by atoms with Crippen molar-refractivity contribution in [3.05, 3.63) is 30.4 Å². The van der Waals surface area contributed by atoms with Gasteiger partial charge in [-0.25, -0.2) is 13.1 Å². The van der Waals surface area contributed by atoms with E-state index in [-0.39, 0.29) is 24.6 Å². The first-order chi connectivity index (χ1) is 9.51. The minimum absolute atomic E-state index is 0.0890. The van der Waals surface area contributed by atoms with Crippen molar-refractivity contribution in [2.24, 2.45) is 7.05 Å². The lowest BCUT2D eigenvalue weighted by molar-refractivity contribution is 0.269. The maximum Gasteiger partial charge on any atom is 0.243 e. The fourth-order valence-electron chi connectivity index (χ4n) is 1.70. The van der Waals surface area contributed by atoms with Crippen molar-refractivity contribution in [3.8, 4) is 0 Å². The van der Waals surface area contributed by atoms with Crippen molar-refractivity contribution in [2.75, 3.05) is 13.2 Å². The number of hydrogen-bond donors (Lipinski definition) is 2. The van der Waals surface area contributed by atoms with Gasteiger partial charge in [-0.2, -0.15) is 10.2 Å². The third-order valence-electron chi connectivity index (χ3n) is 2.69. The van der Waals surface area contributed by atoms with Crippen LogP contribution in [0, 0.1) is 0 Å².